The highest BCUT2D eigenvalue weighted by Crippen LogP contribution is 2.25. The molecule has 2 N–H and O–H groups in total. The monoisotopic (exact) mass is 294 g/mol. The molecule has 0 saturated heterocycles. The van der Waals surface area contributed by atoms with Gasteiger partial charge in [0.15, 0.2) is 0 Å². The van der Waals surface area contributed by atoms with E-state index in [1.54, 1.807) is 20.0 Å². The Morgan fingerprint density at radius 1 is 1.43 bits per heavy atom. The lowest BCUT2D eigenvalue weighted by Crippen LogP contribution is -2.38. The zero-order valence-corrected chi connectivity index (χ0v) is 13.6. The van der Waals surface area contributed by atoms with Crippen molar-refractivity contribution in [2.24, 2.45) is 11.1 Å². The summed E-state index contributed by atoms with van der Waals surface area (Å²) in [6.07, 6.45) is 1.59. The van der Waals surface area contributed by atoms with Crippen LogP contribution < -0.4 is 5.73 Å². The molecule has 0 bridgehead atoms. The molecule has 0 saturated carbocycles. The van der Waals surface area contributed by atoms with Crippen molar-refractivity contribution in [3.8, 4) is 0 Å². The molecule has 6 nitrogen and oxygen atoms in total. The van der Waals surface area contributed by atoms with Crippen LogP contribution in [-0.4, -0.2) is 34.4 Å². The van der Waals surface area contributed by atoms with Crippen LogP contribution in [0.3, 0.4) is 0 Å². The summed E-state index contributed by atoms with van der Waals surface area (Å²) in [5, 5.41) is 11.2. The molecule has 0 fully saturated rings. The highest BCUT2D eigenvalue weighted by Gasteiger charge is 2.23. The Kier molecular flexibility index (Phi) is 5.80. The van der Waals surface area contributed by atoms with Gasteiger partial charge in [-0.3, -0.25) is 20.0 Å². The SMILES string of the molecule is CCN(Cc1ncc(C)c([N+](=O)[O-])c1C)CC(C)(C)CN. The van der Waals surface area contributed by atoms with E-state index in [0.29, 0.717) is 24.2 Å². The molecular formula is C15H26N4O2. The van der Waals surface area contributed by atoms with Gasteiger partial charge in [-0.1, -0.05) is 20.8 Å². The topological polar surface area (TPSA) is 85.3 Å². The number of pyridine rings is 1. The van der Waals surface area contributed by atoms with Crippen molar-refractivity contribution in [2.45, 2.75) is 41.2 Å². The van der Waals surface area contributed by atoms with Crippen molar-refractivity contribution in [3.05, 3.63) is 33.1 Å². The van der Waals surface area contributed by atoms with E-state index in [1.165, 1.54) is 0 Å². The molecule has 1 rings (SSSR count). The average Bonchev–Trinajstić information content (AvgIpc) is 2.40. The van der Waals surface area contributed by atoms with Gasteiger partial charge in [-0.15, -0.1) is 0 Å². The molecule has 21 heavy (non-hydrogen) atoms. The number of hydrogen-bond donors (Lipinski definition) is 1. The lowest BCUT2D eigenvalue weighted by Gasteiger charge is -2.31. The number of aromatic nitrogens is 1. The lowest BCUT2D eigenvalue weighted by molar-refractivity contribution is -0.386. The van der Waals surface area contributed by atoms with Crippen molar-refractivity contribution in [2.75, 3.05) is 19.6 Å². The van der Waals surface area contributed by atoms with Crippen LogP contribution in [0, 0.1) is 29.4 Å². The molecule has 1 heterocycles. The number of nitrogens with two attached hydrogens (primary N) is 1. The first-order valence-electron chi connectivity index (χ1n) is 7.23. The Morgan fingerprint density at radius 2 is 2.05 bits per heavy atom. The smallest absolute Gasteiger partial charge is 0.278 e. The number of nitrogens with zero attached hydrogens (tertiary/aromatic N) is 3. The van der Waals surface area contributed by atoms with Crippen LogP contribution in [0.5, 0.6) is 0 Å². The average molecular weight is 294 g/mol. The molecule has 0 atom stereocenters. The molecule has 1 aromatic heterocycles. The third-order valence-electron chi connectivity index (χ3n) is 3.78. The molecule has 0 radical (unpaired) electrons. The van der Waals surface area contributed by atoms with Crippen LogP contribution >= 0.6 is 0 Å². The second-order valence-corrected chi connectivity index (χ2v) is 6.29. The highest BCUT2D eigenvalue weighted by atomic mass is 16.6. The number of hydrogen-bond acceptors (Lipinski definition) is 5. The van der Waals surface area contributed by atoms with Gasteiger partial charge in [0.2, 0.25) is 0 Å². The van der Waals surface area contributed by atoms with E-state index >= 15 is 0 Å². The molecule has 0 aliphatic heterocycles. The fourth-order valence-electron chi connectivity index (χ4n) is 2.37. The van der Waals surface area contributed by atoms with Crippen molar-refractivity contribution in [1.29, 1.82) is 0 Å². The van der Waals surface area contributed by atoms with Crippen molar-refractivity contribution < 1.29 is 4.92 Å². The summed E-state index contributed by atoms with van der Waals surface area (Å²) in [5.41, 5.74) is 8.00. The predicted molar refractivity (Wildman–Crippen MR) is 84.2 cm³/mol. The van der Waals surface area contributed by atoms with Crippen molar-refractivity contribution in [3.63, 3.8) is 0 Å². The molecule has 0 aromatic carbocycles. The molecule has 118 valence electrons. The molecule has 0 aliphatic carbocycles. The summed E-state index contributed by atoms with van der Waals surface area (Å²) < 4.78 is 0. The van der Waals surface area contributed by atoms with Gasteiger partial charge in [-0.2, -0.15) is 0 Å². The minimum atomic E-state index is -0.323. The second kappa shape index (κ2) is 6.95. The maximum Gasteiger partial charge on any atom is 0.278 e. The van der Waals surface area contributed by atoms with Crippen LogP contribution in [0.4, 0.5) is 5.69 Å². The van der Waals surface area contributed by atoms with E-state index in [-0.39, 0.29) is 16.0 Å². The van der Waals surface area contributed by atoms with Gasteiger partial charge in [0.1, 0.15) is 0 Å². The summed E-state index contributed by atoms with van der Waals surface area (Å²) in [6, 6.07) is 0. The van der Waals surface area contributed by atoms with E-state index in [9.17, 15) is 10.1 Å². The van der Waals surface area contributed by atoms with Gasteiger partial charge in [0, 0.05) is 30.4 Å². The Labute approximate surface area is 126 Å². The first-order chi connectivity index (χ1) is 9.71. The summed E-state index contributed by atoms with van der Waals surface area (Å²) in [4.78, 5) is 17.5. The van der Waals surface area contributed by atoms with E-state index in [2.05, 4.69) is 30.7 Å². The first-order valence-corrected chi connectivity index (χ1v) is 7.23. The summed E-state index contributed by atoms with van der Waals surface area (Å²) in [7, 11) is 0. The molecule has 0 unspecified atom stereocenters. The zero-order valence-electron chi connectivity index (χ0n) is 13.6. The number of rotatable bonds is 7. The highest BCUT2D eigenvalue weighted by molar-refractivity contribution is 5.47. The first kappa shape index (κ1) is 17.5. The van der Waals surface area contributed by atoms with Crippen LogP contribution in [-0.2, 0) is 6.54 Å². The quantitative estimate of drug-likeness (QED) is 0.616. The Balaban J connectivity index is 3.01. The second-order valence-electron chi connectivity index (χ2n) is 6.29. The zero-order chi connectivity index (χ0) is 16.2. The third-order valence-corrected chi connectivity index (χ3v) is 3.78. The Bertz CT molecular complexity index is 515. The van der Waals surface area contributed by atoms with Gasteiger partial charge >= 0.3 is 0 Å². The summed E-state index contributed by atoms with van der Waals surface area (Å²) in [5.74, 6) is 0. The van der Waals surface area contributed by atoms with E-state index < -0.39 is 0 Å². The van der Waals surface area contributed by atoms with Gasteiger partial charge in [-0.05, 0) is 32.4 Å². The number of aryl methyl sites for hydroxylation is 1. The molecule has 6 heteroatoms. The summed E-state index contributed by atoms with van der Waals surface area (Å²) in [6.45, 7) is 12.7. The molecular weight excluding hydrogens is 268 g/mol. The van der Waals surface area contributed by atoms with Gasteiger partial charge in [0.25, 0.3) is 5.69 Å². The maximum absolute atomic E-state index is 11.2. The van der Waals surface area contributed by atoms with E-state index in [0.717, 1.165) is 18.8 Å². The number of nitro groups is 1. The van der Waals surface area contributed by atoms with Crippen molar-refractivity contribution >= 4 is 5.69 Å². The lowest BCUT2D eigenvalue weighted by atomic mass is 9.93. The van der Waals surface area contributed by atoms with Crippen LogP contribution in [0.2, 0.25) is 0 Å². The Hall–Kier alpha value is -1.53. The largest absolute Gasteiger partial charge is 0.330 e. The molecule has 0 aliphatic rings. The summed E-state index contributed by atoms with van der Waals surface area (Å²) >= 11 is 0. The van der Waals surface area contributed by atoms with Crippen LogP contribution in [0.25, 0.3) is 0 Å². The normalized spacial score (nSPS) is 12.0. The minimum absolute atomic E-state index is 0.0144. The van der Waals surface area contributed by atoms with Crippen LogP contribution in [0.1, 0.15) is 37.6 Å². The van der Waals surface area contributed by atoms with Crippen LogP contribution in [0.15, 0.2) is 6.20 Å². The minimum Gasteiger partial charge on any atom is -0.330 e. The molecule has 0 spiro atoms. The standard InChI is InChI=1S/C15H26N4O2/c1-6-18(10-15(4,5)9-16)8-13-12(3)14(19(20)21)11(2)7-17-13/h7H,6,8-10,16H2,1-5H3. The fraction of sp³-hybridized carbons (Fsp3) is 0.667. The van der Waals surface area contributed by atoms with Gasteiger partial charge in [-0.25, -0.2) is 0 Å². The van der Waals surface area contributed by atoms with Gasteiger partial charge in [0.05, 0.1) is 10.6 Å². The fourth-order valence-corrected chi connectivity index (χ4v) is 2.37. The van der Waals surface area contributed by atoms with Crippen molar-refractivity contribution in [1.82, 2.24) is 9.88 Å². The Morgan fingerprint density at radius 3 is 2.52 bits per heavy atom. The van der Waals surface area contributed by atoms with E-state index in [1.807, 2.05) is 0 Å². The third kappa shape index (κ3) is 4.47. The predicted octanol–water partition coefficient (Wildman–Crippen LogP) is 2.41. The molecule has 0 amide bonds. The maximum atomic E-state index is 11.2. The van der Waals surface area contributed by atoms with Gasteiger partial charge < -0.3 is 5.73 Å². The van der Waals surface area contributed by atoms with E-state index in [4.69, 9.17) is 5.73 Å². The molecule has 1 aromatic rings.